The second-order valence-electron chi connectivity index (χ2n) is 7.15. The molecule has 1 amide bonds. The highest BCUT2D eigenvalue weighted by Gasteiger charge is 2.35. The highest BCUT2D eigenvalue weighted by molar-refractivity contribution is 7.88. The van der Waals surface area contributed by atoms with Gasteiger partial charge in [-0.15, -0.1) is 11.3 Å². The van der Waals surface area contributed by atoms with E-state index >= 15 is 0 Å². The molecule has 0 bridgehead atoms. The minimum absolute atomic E-state index is 0.219. The summed E-state index contributed by atoms with van der Waals surface area (Å²) in [6.45, 7) is 0.920. The first kappa shape index (κ1) is 23.5. The largest absolute Gasteiger partial charge is 0.385 e. The van der Waals surface area contributed by atoms with Gasteiger partial charge in [-0.05, 0) is 47.5 Å². The van der Waals surface area contributed by atoms with Crippen molar-refractivity contribution in [1.82, 2.24) is 9.21 Å². The van der Waals surface area contributed by atoms with Crippen molar-refractivity contribution < 1.29 is 17.9 Å². The van der Waals surface area contributed by atoms with Crippen LogP contribution in [-0.4, -0.2) is 63.1 Å². The molecular formula is C20H24Cl2N2O4S2. The van der Waals surface area contributed by atoms with Gasteiger partial charge in [-0.1, -0.05) is 29.3 Å². The molecule has 6 nitrogen and oxygen atoms in total. The third kappa shape index (κ3) is 5.36. The fourth-order valence-electron chi connectivity index (χ4n) is 3.63. The summed E-state index contributed by atoms with van der Waals surface area (Å²) in [6, 6.07) is 6.87. The van der Waals surface area contributed by atoms with E-state index in [1.807, 2.05) is 17.5 Å². The number of nitrogens with zero attached hydrogens (tertiary/aromatic N) is 2. The Hall–Kier alpha value is -1.16. The number of amides is 1. The highest BCUT2D eigenvalue weighted by atomic mass is 35.5. The maximum atomic E-state index is 13.3. The molecule has 0 spiro atoms. The van der Waals surface area contributed by atoms with Crippen molar-refractivity contribution >= 4 is 50.5 Å². The van der Waals surface area contributed by atoms with Crippen molar-refractivity contribution in [3.63, 3.8) is 0 Å². The van der Waals surface area contributed by atoms with Crippen molar-refractivity contribution in [2.24, 2.45) is 0 Å². The van der Waals surface area contributed by atoms with Crippen LogP contribution >= 0.6 is 34.5 Å². The summed E-state index contributed by atoms with van der Waals surface area (Å²) >= 11 is 14.2. The van der Waals surface area contributed by atoms with Crippen LogP contribution in [0, 0.1) is 0 Å². The molecule has 2 aromatic rings. The zero-order valence-corrected chi connectivity index (χ0v) is 20.0. The number of benzene rings is 1. The van der Waals surface area contributed by atoms with E-state index < -0.39 is 10.0 Å². The fraction of sp³-hybridized carbons (Fsp3) is 0.450. The Morgan fingerprint density at radius 2 is 2.07 bits per heavy atom. The second-order valence-corrected chi connectivity index (χ2v) is 11.0. The monoisotopic (exact) mass is 490 g/mol. The summed E-state index contributed by atoms with van der Waals surface area (Å²) in [7, 11) is -1.98. The van der Waals surface area contributed by atoms with Crippen LogP contribution in [0.15, 0.2) is 29.6 Å². The number of rotatable bonds is 8. The molecule has 2 heterocycles. The number of carbonyl (C=O) groups excluding carboxylic acids is 1. The predicted octanol–water partition coefficient (Wildman–Crippen LogP) is 3.83. The summed E-state index contributed by atoms with van der Waals surface area (Å²) in [5, 5.41) is 3.00. The van der Waals surface area contributed by atoms with Gasteiger partial charge in [-0.2, -0.15) is 4.31 Å². The van der Waals surface area contributed by atoms with Crippen LogP contribution < -0.4 is 0 Å². The molecule has 0 radical (unpaired) electrons. The number of hydrogen-bond acceptors (Lipinski definition) is 5. The predicted molar refractivity (Wildman–Crippen MR) is 121 cm³/mol. The van der Waals surface area contributed by atoms with Gasteiger partial charge in [0.25, 0.3) is 0 Å². The van der Waals surface area contributed by atoms with Gasteiger partial charge in [0.05, 0.1) is 18.8 Å². The van der Waals surface area contributed by atoms with E-state index in [2.05, 4.69) is 0 Å². The molecule has 1 aromatic carbocycles. The fourth-order valence-corrected chi connectivity index (χ4v) is 5.85. The number of ether oxygens (including phenoxy) is 1. The molecule has 1 aliphatic heterocycles. The Balaban J connectivity index is 1.91. The molecule has 3 rings (SSSR count). The molecule has 10 heteroatoms. The van der Waals surface area contributed by atoms with Crippen molar-refractivity contribution in [1.29, 1.82) is 0 Å². The molecule has 164 valence electrons. The van der Waals surface area contributed by atoms with Gasteiger partial charge in [0.1, 0.15) is 0 Å². The lowest BCUT2D eigenvalue weighted by Crippen LogP contribution is -2.46. The summed E-state index contributed by atoms with van der Waals surface area (Å²) in [5.74, 6) is -0.259. The maximum absolute atomic E-state index is 13.3. The normalized spacial score (nSPS) is 16.7. The average Bonchev–Trinajstić information content (AvgIpc) is 3.15. The molecule has 0 saturated heterocycles. The Kier molecular flexibility index (Phi) is 7.81. The lowest BCUT2D eigenvalue weighted by atomic mass is 9.93. The quantitative estimate of drug-likeness (QED) is 0.527. The molecule has 1 aliphatic rings. The van der Waals surface area contributed by atoms with Gasteiger partial charge in [0.2, 0.25) is 15.9 Å². The molecule has 1 aromatic heterocycles. The Morgan fingerprint density at radius 1 is 1.30 bits per heavy atom. The van der Waals surface area contributed by atoms with Crippen LogP contribution in [0.25, 0.3) is 0 Å². The first-order valence-electron chi connectivity index (χ1n) is 9.47. The van der Waals surface area contributed by atoms with Crippen molar-refractivity contribution in [3.05, 3.63) is 55.7 Å². The van der Waals surface area contributed by atoms with Crippen LogP contribution in [0.5, 0.6) is 0 Å². The summed E-state index contributed by atoms with van der Waals surface area (Å²) in [4.78, 5) is 16.2. The minimum atomic E-state index is -3.54. The van der Waals surface area contributed by atoms with E-state index in [-0.39, 0.29) is 25.0 Å². The van der Waals surface area contributed by atoms with Gasteiger partial charge >= 0.3 is 0 Å². The lowest BCUT2D eigenvalue weighted by Gasteiger charge is -2.37. The summed E-state index contributed by atoms with van der Waals surface area (Å²) < 4.78 is 30.7. The van der Waals surface area contributed by atoms with Gasteiger partial charge in [0, 0.05) is 41.7 Å². The van der Waals surface area contributed by atoms with Crippen molar-refractivity contribution in [3.8, 4) is 0 Å². The highest BCUT2D eigenvalue weighted by Crippen LogP contribution is 2.41. The first-order chi connectivity index (χ1) is 14.2. The maximum Gasteiger partial charge on any atom is 0.238 e. The molecular weight excluding hydrogens is 467 g/mol. The smallest absolute Gasteiger partial charge is 0.238 e. The Labute approximate surface area is 191 Å². The Bertz CT molecular complexity index is 1010. The van der Waals surface area contributed by atoms with Gasteiger partial charge in [-0.3, -0.25) is 4.79 Å². The van der Waals surface area contributed by atoms with Crippen LogP contribution in [0.3, 0.4) is 0 Å². The lowest BCUT2D eigenvalue weighted by molar-refractivity contribution is -0.133. The van der Waals surface area contributed by atoms with Crippen LogP contribution in [0.4, 0.5) is 0 Å². The molecule has 0 N–H and O–H groups in total. The number of carbonyl (C=O) groups is 1. The van der Waals surface area contributed by atoms with E-state index in [0.29, 0.717) is 29.6 Å². The minimum Gasteiger partial charge on any atom is -0.385 e. The number of methoxy groups -OCH3 is 1. The van der Waals surface area contributed by atoms with Crippen LogP contribution in [-0.2, 0) is 26.0 Å². The molecule has 1 unspecified atom stereocenters. The number of fused-ring (bicyclic) bond motifs is 1. The molecule has 0 saturated carbocycles. The van der Waals surface area contributed by atoms with E-state index in [9.17, 15) is 13.2 Å². The van der Waals surface area contributed by atoms with Crippen LogP contribution in [0.1, 0.15) is 28.5 Å². The molecule has 0 aliphatic carbocycles. The van der Waals surface area contributed by atoms with Gasteiger partial charge in [-0.25, -0.2) is 8.42 Å². The molecule has 1 atom stereocenters. The standard InChI is InChI=1S/C20H24Cl2N2O4S2/c1-28-10-3-8-23(30(2,26)27)13-19(25)24-9-6-18-16(7-11-29-18)20(24)15-5-4-14(21)12-17(15)22/h4-5,7,11-12,20H,3,6,8-10,13H2,1-2H3. The number of halogens is 2. The topological polar surface area (TPSA) is 66.9 Å². The van der Waals surface area contributed by atoms with Gasteiger partial charge < -0.3 is 9.64 Å². The van der Waals surface area contributed by atoms with E-state index in [1.54, 1.807) is 35.5 Å². The number of hydrogen-bond donors (Lipinski definition) is 0. The summed E-state index contributed by atoms with van der Waals surface area (Å²) in [5.41, 5.74) is 1.80. The SMILES string of the molecule is COCCCN(CC(=O)N1CCc2sccc2C1c1ccc(Cl)cc1Cl)S(C)(=O)=O. The van der Waals surface area contributed by atoms with E-state index in [0.717, 1.165) is 23.8 Å². The molecule has 30 heavy (non-hydrogen) atoms. The van der Waals surface area contributed by atoms with Gasteiger partial charge in [0.15, 0.2) is 0 Å². The average molecular weight is 491 g/mol. The first-order valence-corrected chi connectivity index (χ1v) is 13.0. The Morgan fingerprint density at radius 3 is 2.73 bits per heavy atom. The number of sulfonamides is 1. The zero-order valence-electron chi connectivity index (χ0n) is 16.8. The van der Waals surface area contributed by atoms with E-state index in [4.69, 9.17) is 27.9 Å². The van der Waals surface area contributed by atoms with E-state index in [1.165, 1.54) is 9.18 Å². The third-order valence-corrected chi connectivity index (χ3v) is 7.89. The number of thiophene rings is 1. The summed E-state index contributed by atoms with van der Waals surface area (Å²) in [6.07, 6.45) is 2.36. The second kappa shape index (κ2) is 9.97. The van der Waals surface area contributed by atoms with Crippen molar-refractivity contribution in [2.75, 3.05) is 39.6 Å². The van der Waals surface area contributed by atoms with Crippen molar-refractivity contribution in [2.45, 2.75) is 18.9 Å². The third-order valence-electron chi connectivity index (χ3n) is 5.08. The van der Waals surface area contributed by atoms with Crippen LogP contribution in [0.2, 0.25) is 10.0 Å². The zero-order chi connectivity index (χ0) is 21.9. The molecule has 0 fully saturated rings.